The summed E-state index contributed by atoms with van der Waals surface area (Å²) < 4.78 is 51.3. The van der Waals surface area contributed by atoms with E-state index >= 15 is 0 Å². The summed E-state index contributed by atoms with van der Waals surface area (Å²) in [5.41, 5.74) is -4.82. The van der Waals surface area contributed by atoms with E-state index < -0.39 is 47.9 Å². The number of rotatable bonds is 3. The molecule has 2 rings (SSSR count). The molecule has 1 aromatic carbocycles. The van der Waals surface area contributed by atoms with Gasteiger partial charge in [0.2, 0.25) is 5.72 Å². The molecule has 5 nitrogen and oxygen atoms in total. The lowest BCUT2D eigenvalue weighted by atomic mass is 10.1. The third-order valence-electron chi connectivity index (χ3n) is 3.02. The molecular formula is C12H9ClF4N2O3. The van der Waals surface area contributed by atoms with Crippen LogP contribution in [-0.4, -0.2) is 45.4 Å². The number of amides is 1. The number of carbonyl (C=O) groups excluding carboxylic acids is 1. The number of aromatic hydroxyl groups is 1. The van der Waals surface area contributed by atoms with Gasteiger partial charge in [-0.15, -0.1) is 0 Å². The van der Waals surface area contributed by atoms with Crippen molar-refractivity contribution < 1.29 is 32.6 Å². The predicted molar refractivity (Wildman–Crippen MR) is 68.3 cm³/mol. The van der Waals surface area contributed by atoms with Gasteiger partial charge in [-0.1, -0.05) is 11.6 Å². The number of benzene rings is 1. The molecular weight excluding hydrogens is 332 g/mol. The van der Waals surface area contributed by atoms with Gasteiger partial charge in [0.05, 0.1) is 5.56 Å². The minimum absolute atomic E-state index is 0.000929. The van der Waals surface area contributed by atoms with Crippen LogP contribution in [0.25, 0.3) is 0 Å². The van der Waals surface area contributed by atoms with Gasteiger partial charge < -0.3 is 10.2 Å². The van der Waals surface area contributed by atoms with E-state index in [2.05, 4.69) is 5.10 Å². The molecule has 10 heteroatoms. The van der Waals surface area contributed by atoms with E-state index in [1.165, 1.54) is 6.07 Å². The van der Waals surface area contributed by atoms with Crippen molar-refractivity contribution in [3.05, 3.63) is 28.8 Å². The van der Waals surface area contributed by atoms with Gasteiger partial charge in [-0.2, -0.15) is 10.1 Å². The van der Waals surface area contributed by atoms with Crippen LogP contribution in [0.4, 0.5) is 17.6 Å². The summed E-state index contributed by atoms with van der Waals surface area (Å²) in [6.45, 7) is 0. The number of carbonyl (C=O) groups is 1. The van der Waals surface area contributed by atoms with Gasteiger partial charge in [-0.05, 0) is 18.2 Å². The van der Waals surface area contributed by atoms with Crippen molar-refractivity contribution >= 4 is 23.2 Å². The lowest BCUT2D eigenvalue weighted by molar-refractivity contribution is -0.164. The maximum atomic E-state index is 13.0. The SMILES string of the molecule is O=C(c1cc(Cl)ccc1O)N1N=C(C(F)F)C[C@]1(O)C(F)F. The van der Waals surface area contributed by atoms with Crippen LogP contribution in [0.2, 0.25) is 5.02 Å². The smallest absolute Gasteiger partial charge is 0.287 e. The van der Waals surface area contributed by atoms with Crippen molar-refractivity contribution in [1.82, 2.24) is 5.01 Å². The van der Waals surface area contributed by atoms with Gasteiger partial charge in [0.1, 0.15) is 11.5 Å². The van der Waals surface area contributed by atoms with Crippen LogP contribution in [0.3, 0.4) is 0 Å². The first-order valence-corrected chi connectivity index (χ1v) is 6.23. The molecule has 1 aliphatic rings. The van der Waals surface area contributed by atoms with Crippen LogP contribution in [0.1, 0.15) is 16.8 Å². The van der Waals surface area contributed by atoms with E-state index in [9.17, 15) is 32.6 Å². The number of halogens is 5. The topological polar surface area (TPSA) is 73.1 Å². The normalized spacial score (nSPS) is 21.6. The molecule has 1 aliphatic heterocycles. The lowest BCUT2D eigenvalue weighted by Gasteiger charge is -2.30. The summed E-state index contributed by atoms with van der Waals surface area (Å²) in [5, 5.41) is 22.3. The second kappa shape index (κ2) is 5.73. The molecule has 1 heterocycles. The minimum atomic E-state index is -3.54. The number of alkyl halides is 4. The summed E-state index contributed by atoms with van der Waals surface area (Å²) in [5.74, 6) is -2.00. The van der Waals surface area contributed by atoms with Gasteiger partial charge in [0, 0.05) is 11.4 Å². The van der Waals surface area contributed by atoms with Gasteiger partial charge in [-0.25, -0.2) is 17.6 Å². The van der Waals surface area contributed by atoms with Crippen molar-refractivity contribution in [3.63, 3.8) is 0 Å². The van der Waals surface area contributed by atoms with Crippen molar-refractivity contribution in [2.24, 2.45) is 5.10 Å². The van der Waals surface area contributed by atoms with Crippen LogP contribution in [-0.2, 0) is 0 Å². The van der Waals surface area contributed by atoms with Crippen LogP contribution < -0.4 is 0 Å². The number of aliphatic hydroxyl groups is 1. The van der Waals surface area contributed by atoms with Crippen LogP contribution in [0.5, 0.6) is 5.75 Å². The molecule has 0 saturated heterocycles. The quantitative estimate of drug-likeness (QED) is 0.830. The molecule has 1 atom stereocenters. The summed E-state index contributed by atoms with van der Waals surface area (Å²) in [6.07, 6.45) is -7.95. The minimum Gasteiger partial charge on any atom is -0.507 e. The van der Waals surface area contributed by atoms with E-state index in [1.807, 2.05) is 0 Å². The molecule has 1 aromatic rings. The molecule has 0 saturated carbocycles. The molecule has 0 aromatic heterocycles. The van der Waals surface area contributed by atoms with Gasteiger partial charge in [0.15, 0.2) is 0 Å². The molecule has 0 aliphatic carbocycles. The average Bonchev–Trinajstić information content (AvgIpc) is 2.80. The fraction of sp³-hybridized carbons (Fsp3) is 0.333. The van der Waals surface area contributed by atoms with Crippen molar-refractivity contribution in [3.8, 4) is 5.75 Å². The summed E-state index contributed by atoms with van der Waals surface area (Å²) >= 11 is 5.63. The maximum absolute atomic E-state index is 13.0. The molecule has 2 N–H and O–H groups in total. The number of hydrogen-bond acceptors (Lipinski definition) is 4. The van der Waals surface area contributed by atoms with E-state index in [4.69, 9.17) is 11.6 Å². The fourth-order valence-electron chi connectivity index (χ4n) is 1.90. The number of hydrazone groups is 1. The first-order valence-electron chi connectivity index (χ1n) is 5.86. The van der Waals surface area contributed by atoms with Gasteiger partial charge in [0.25, 0.3) is 18.8 Å². The Morgan fingerprint density at radius 3 is 2.55 bits per heavy atom. The largest absolute Gasteiger partial charge is 0.507 e. The van der Waals surface area contributed by atoms with Gasteiger partial charge >= 0.3 is 0 Å². The Labute approximate surface area is 126 Å². The third kappa shape index (κ3) is 2.73. The molecule has 0 bridgehead atoms. The Morgan fingerprint density at radius 2 is 2.00 bits per heavy atom. The van der Waals surface area contributed by atoms with E-state index in [0.717, 1.165) is 12.1 Å². The number of nitrogens with zero attached hydrogens (tertiary/aromatic N) is 2. The van der Waals surface area contributed by atoms with Crippen LogP contribution in [0, 0.1) is 0 Å². The molecule has 0 unspecified atom stereocenters. The van der Waals surface area contributed by atoms with Crippen LogP contribution >= 0.6 is 11.6 Å². The lowest BCUT2D eigenvalue weighted by Crippen LogP contribution is -2.51. The number of phenolic OH excluding ortho intramolecular Hbond substituents is 1. The van der Waals surface area contributed by atoms with Crippen molar-refractivity contribution in [1.29, 1.82) is 0 Å². The molecule has 22 heavy (non-hydrogen) atoms. The molecule has 1 amide bonds. The first-order chi connectivity index (χ1) is 10.2. The van der Waals surface area contributed by atoms with E-state index in [0.29, 0.717) is 0 Å². The van der Waals surface area contributed by atoms with Crippen molar-refractivity contribution in [2.75, 3.05) is 0 Å². The third-order valence-corrected chi connectivity index (χ3v) is 3.25. The number of phenols is 1. The molecule has 0 spiro atoms. The Balaban J connectivity index is 2.47. The Morgan fingerprint density at radius 1 is 1.36 bits per heavy atom. The zero-order chi connectivity index (χ0) is 16.7. The highest BCUT2D eigenvalue weighted by Crippen LogP contribution is 2.35. The average molecular weight is 341 g/mol. The standard InChI is InChI=1S/C12H9ClF4N2O3/c13-5-1-2-8(20)6(3-5)10(21)19-12(22,11(16)17)4-7(18-19)9(14)15/h1-3,9,11,20,22H,4H2/t12-/m0/s1. The first kappa shape index (κ1) is 16.5. The monoisotopic (exact) mass is 340 g/mol. The maximum Gasteiger partial charge on any atom is 0.287 e. The second-order valence-electron chi connectivity index (χ2n) is 4.53. The molecule has 0 radical (unpaired) electrons. The summed E-state index contributed by atoms with van der Waals surface area (Å²) in [6, 6.07) is 3.19. The van der Waals surface area contributed by atoms with Crippen LogP contribution in [0.15, 0.2) is 23.3 Å². The van der Waals surface area contributed by atoms with E-state index in [-0.39, 0.29) is 10.0 Å². The Kier molecular flexibility index (Phi) is 4.30. The molecule has 120 valence electrons. The van der Waals surface area contributed by atoms with Gasteiger partial charge in [-0.3, -0.25) is 4.79 Å². The summed E-state index contributed by atoms with van der Waals surface area (Å²) in [7, 11) is 0. The predicted octanol–water partition coefficient (Wildman–Crippen LogP) is 2.47. The highest BCUT2D eigenvalue weighted by atomic mass is 35.5. The zero-order valence-corrected chi connectivity index (χ0v) is 11.4. The number of hydrogen-bond donors (Lipinski definition) is 2. The fourth-order valence-corrected chi connectivity index (χ4v) is 2.07. The Hall–Kier alpha value is -1.87. The highest BCUT2D eigenvalue weighted by Gasteiger charge is 2.53. The summed E-state index contributed by atoms with van der Waals surface area (Å²) in [4.78, 5) is 12.2. The van der Waals surface area contributed by atoms with E-state index in [1.54, 1.807) is 0 Å². The zero-order valence-electron chi connectivity index (χ0n) is 10.7. The van der Waals surface area contributed by atoms with Crippen molar-refractivity contribution in [2.45, 2.75) is 25.0 Å². The Bertz CT molecular complexity index is 641. The highest BCUT2D eigenvalue weighted by molar-refractivity contribution is 6.31. The second-order valence-corrected chi connectivity index (χ2v) is 4.96. The molecule has 0 fully saturated rings.